The molecule has 5 unspecified atom stereocenters. The highest BCUT2D eigenvalue weighted by Gasteiger charge is 2.32. The van der Waals surface area contributed by atoms with Crippen molar-refractivity contribution in [1.29, 1.82) is 0 Å². The van der Waals surface area contributed by atoms with Gasteiger partial charge in [-0.3, -0.25) is 24.2 Å². The molecule has 0 aromatic heterocycles. The van der Waals surface area contributed by atoms with Gasteiger partial charge in [0.1, 0.15) is 24.2 Å². The Hall–Kier alpha value is -3.46. The van der Waals surface area contributed by atoms with Crippen molar-refractivity contribution in [2.45, 2.75) is 103 Å². The zero-order valence-corrected chi connectivity index (χ0v) is 24.9. The van der Waals surface area contributed by atoms with Gasteiger partial charge < -0.3 is 49.3 Å². The second-order valence-electron chi connectivity index (χ2n) is 10.9. The number of carbonyl (C=O) groups excluding carboxylic acids is 4. The molecule has 0 fully saturated rings. The van der Waals surface area contributed by atoms with Crippen LogP contribution in [0, 0.1) is 11.8 Å². The van der Waals surface area contributed by atoms with E-state index >= 15 is 0 Å². The number of guanidine groups is 1. The van der Waals surface area contributed by atoms with Gasteiger partial charge in [0, 0.05) is 6.54 Å². The molecule has 0 spiro atoms. The molecule has 0 aromatic carbocycles. The van der Waals surface area contributed by atoms with E-state index in [0.717, 1.165) is 6.42 Å². The number of nitrogens with zero attached hydrogens (tertiary/aromatic N) is 1. The molecule has 15 heteroatoms. The third-order valence-corrected chi connectivity index (χ3v) is 6.20. The summed E-state index contributed by atoms with van der Waals surface area (Å²) in [5, 5.41) is 19.8. The third kappa shape index (κ3) is 15.8. The van der Waals surface area contributed by atoms with E-state index in [1.807, 2.05) is 13.8 Å². The molecular weight excluding hydrogens is 534 g/mol. The average Bonchev–Trinajstić information content (AvgIpc) is 2.87. The van der Waals surface area contributed by atoms with E-state index in [1.165, 1.54) is 6.92 Å². The van der Waals surface area contributed by atoms with Crippen molar-refractivity contribution in [3.63, 3.8) is 0 Å². The van der Waals surface area contributed by atoms with Crippen LogP contribution in [-0.4, -0.2) is 84.0 Å². The summed E-state index contributed by atoms with van der Waals surface area (Å²) >= 11 is 0. The summed E-state index contributed by atoms with van der Waals surface area (Å²) in [4.78, 5) is 67.1. The molecule has 0 saturated heterocycles. The number of aliphatic carboxylic acids is 1. The summed E-state index contributed by atoms with van der Waals surface area (Å²) in [5.41, 5.74) is 22.1. The second-order valence-corrected chi connectivity index (χ2v) is 10.9. The standard InChI is InChI=1S/C26H51N9O6/c1-14(2)13-19(25(40)41)34-24(39)20(15(3)4)35-23(38)18(10-8-12-31-26(29)30)33-21(36)16(5)32-22(37)17(28)9-6-7-11-27/h14-20H,6-13,27-28H2,1-5H3,(H,32,37)(H,33,36)(H,34,39)(H,35,38)(H,40,41)(H4,29,30,31). The van der Waals surface area contributed by atoms with Crippen LogP contribution < -0.4 is 44.2 Å². The normalized spacial score (nSPS) is 14.8. The van der Waals surface area contributed by atoms with Crippen LogP contribution in [0.15, 0.2) is 4.99 Å². The number of unbranched alkanes of at least 4 members (excludes halogenated alkanes) is 1. The topological polar surface area (TPSA) is 270 Å². The van der Waals surface area contributed by atoms with Crippen molar-refractivity contribution >= 4 is 35.6 Å². The van der Waals surface area contributed by atoms with Gasteiger partial charge in [0.05, 0.1) is 6.04 Å². The lowest BCUT2D eigenvalue weighted by molar-refractivity contribution is -0.143. The number of carboxylic acids is 1. The van der Waals surface area contributed by atoms with Crippen LogP contribution >= 0.6 is 0 Å². The average molecular weight is 586 g/mol. The van der Waals surface area contributed by atoms with Crippen LogP contribution in [0.25, 0.3) is 0 Å². The van der Waals surface area contributed by atoms with E-state index in [4.69, 9.17) is 22.9 Å². The van der Waals surface area contributed by atoms with Crippen LogP contribution in [-0.2, 0) is 24.0 Å². The molecule has 5 atom stereocenters. The smallest absolute Gasteiger partial charge is 0.326 e. The van der Waals surface area contributed by atoms with E-state index in [-0.39, 0.29) is 31.3 Å². The summed E-state index contributed by atoms with van der Waals surface area (Å²) in [5.74, 6) is -4.16. The summed E-state index contributed by atoms with van der Waals surface area (Å²) in [6.45, 7) is 9.19. The highest BCUT2D eigenvalue weighted by atomic mass is 16.4. The molecule has 236 valence electrons. The van der Waals surface area contributed by atoms with Gasteiger partial charge in [-0.15, -0.1) is 0 Å². The van der Waals surface area contributed by atoms with E-state index in [1.54, 1.807) is 13.8 Å². The summed E-state index contributed by atoms with van der Waals surface area (Å²) in [6, 6.07) is -5.12. The van der Waals surface area contributed by atoms with E-state index in [2.05, 4.69) is 26.3 Å². The highest BCUT2D eigenvalue weighted by Crippen LogP contribution is 2.09. The largest absolute Gasteiger partial charge is 0.480 e. The number of nitrogens with two attached hydrogens (primary N) is 4. The molecule has 0 aliphatic carbocycles. The van der Waals surface area contributed by atoms with Gasteiger partial charge in [0.15, 0.2) is 5.96 Å². The minimum absolute atomic E-state index is 0.0104. The maximum Gasteiger partial charge on any atom is 0.326 e. The maximum atomic E-state index is 13.3. The van der Waals surface area contributed by atoms with E-state index in [9.17, 15) is 29.1 Å². The van der Waals surface area contributed by atoms with Crippen LogP contribution in [0.3, 0.4) is 0 Å². The van der Waals surface area contributed by atoms with Crippen LogP contribution in [0.4, 0.5) is 0 Å². The molecule has 0 radical (unpaired) electrons. The Kier molecular flexibility index (Phi) is 17.9. The molecular formula is C26H51N9O6. The molecule has 13 N–H and O–H groups in total. The number of carbonyl (C=O) groups is 5. The highest BCUT2D eigenvalue weighted by molar-refractivity contribution is 5.95. The first kappa shape index (κ1) is 37.5. The Balaban J connectivity index is 5.58. The number of nitrogens with one attached hydrogen (secondary N) is 4. The van der Waals surface area contributed by atoms with Crippen LogP contribution in [0.5, 0.6) is 0 Å². The summed E-state index contributed by atoms with van der Waals surface area (Å²) in [7, 11) is 0. The van der Waals surface area contributed by atoms with Gasteiger partial charge >= 0.3 is 5.97 Å². The second kappa shape index (κ2) is 19.6. The number of hydrogen-bond acceptors (Lipinski definition) is 8. The minimum atomic E-state index is -1.18. The zero-order chi connectivity index (χ0) is 31.7. The molecule has 0 aromatic rings. The van der Waals surface area contributed by atoms with Gasteiger partial charge in [-0.25, -0.2) is 4.79 Å². The van der Waals surface area contributed by atoms with Gasteiger partial charge in [-0.05, 0) is 57.4 Å². The Labute approximate surface area is 242 Å². The quantitative estimate of drug-likeness (QED) is 0.0441. The molecule has 0 bridgehead atoms. The first-order chi connectivity index (χ1) is 19.1. The van der Waals surface area contributed by atoms with E-state index < -0.39 is 65.7 Å². The lowest BCUT2D eigenvalue weighted by Crippen LogP contribution is -2.59. The molecule has 0 aliphatic rings. The Morgan fingerprint density at radius 2 is 1.37 bits per heavy atom. The molecule has 41 heavy (non-hydrogen) atoms. The van der Waals surface area contributed by atoms with Crippen molar-refractivity contribution in [1.82, 2.24) is 21.3 Å². The molecule has 4 amide bonds. The fourth-order valence-corrected chi connectivity index (χ4v) is 3.84. The van der Waals surface area contributed by atoms with E-state index in [0.29, 0.717) is 25.8 Å². The number of rotatable bonds is 20. The first-order valence-electron chi connectivity index (χ1n) is 14.1. The van der Waals surface area contributed by atoms with Gasteiger partial charge in [0.25, 0.3) is 0 Å². The molecule has 0 rings (SSSR count). The third-order valence-electron chi connectivity index (χ3n) is 6.20. The Bertz CT molecular complexity index is 893. The predicted octanol–water partition coefficient (Wildman–Crippen LogP) is -1.76. The van der Waals surface area contributed by atoms with Crippen molar-refractivity contribution < 1.29 is 29.1 Å². The SMILES string of the molecule is CC(C)CC(NC(=O)C(NC(=O)C(CCCN=C(N)N)NC(=O)C(C)NC(=O)C(N)CCCCN)C(C)C)C(=O)O. The lowest BCUT2D eigenvalue weighted by atomic mass is 9.99. The van der Waals surface area contributed by atoms with Crippen molar-refractivity contribution in [2.75, 3.05) is 13.1 Å². The number of aliphatic imine (C=N–C) groups is 1. The predicted molar refractivity (Wildman–Crippen MR) is 156 cm³/mol. The monoisotopic (exact) mass is 585 g/mol. The summed E-state index contributed by atoms with van der Waals surface area (Å²) < 4.78 is 0. The van der Waals surface area contributed by atoms with Crippen molar-refractivity contribution in [3.8, 4) is 0 Å². The number of amides is 4. The van der Waals surface area contributed by atoms with Crippen molar-refractivity contribution in [3.05, 3.63) is 0 Å². The fraction of sp³-hybridized carbons (Fsp3) is 0.769. The zero-order valence-electron chi connectivity index (χ0n) is 24.9. The van der Waals surface area contributed by atoms with Crippen LogP contribution in [0.2, 0.25) is 0 Å². The Morgan fingerprint density at radius 1 is 0.756 bits per heavy atom. The van der Waals surface area contributed by atoms with Gasteiger partial charge in [-0.2, -0.15) is 0 Å². The molecule has 0 heterocycles. The summed E-state index contributed by atoms with van der Waals surface area (Å²) in [6.07, 6.45) is 2.44. The first-order valence-corrected chi connectivity index (χ1v) is 14.1. The lowest BCUT2D eigenvalue weighted by Gasteiger charge is -2.27. The molecule has 0 saturated carbocycles. The van der Waals surface area contributed by atoms with Gasteiger partial charge in [-0.1, -0.05) is 34.1 Å². The fourth-order valence-electron chi connectivity index (χ4n) is 3.84. The number of hydrogen-bond donors (Lipinski definition) is 9. The van der Waals surface area contributed by atoms with Crippen LogP contribution in [0.1, 0.15) is 73.1 Å². The number of carboxylic acid groups (broad SMARTS) is 1. The Morgan fingerprint density at radius 3 is 1.88 bits per heavy atom. The van der Waals surface area contributed by atoms with Gasteiger partial charge in [0.2, 0.25) is 23.6 Å². The van der Waals surface area contributed by atoms with Crippen molar-refractivity contribution in [2.24, 2.45) is 39.8 Å². The molecule has 0 aliphatic heterocycles. The minimum Gasteiger partial charge on any atom is -0.480 e. The molecule has 15 nitrogen and oxygen atoms in total. The maximum absolute atomic E-state index is 13.3.